The Balaban J connectivity index is 2.54. The number of hydrogen-bond donors (Lipinski definition) is 2. The molecule has 0 fully saturated rings. The summed E-state index contributed by atoms with van der Waals surface area (Å²) in [5, 5.41) is 14.3. The number of nitrogens with one attached hydrogen (secondary N) is 2. The van der Waals surface area contributed by atoms with E-state index in [0.29, 0.717) is 25.1 Å². The van der Waals surface area contributed by atoms with Crippen molar-refractivity contribution in [2.45, 2.75) is 19.9 Å². The number of nitriles is 1. The van der Waals surface area contributed by atoms with Crippen molar-refractivity contribution in [2.75, 3.05) is 13.6 Å². The number of rotatable bonds is 5. The first-order valence-electron chi connectivity index (χ1n) is 5.69. The van der Waals surface area contributed by atoms with Crippen LogP contribution in [0, 0.1) is 24.1 Å². The SMILES string of the molecule is CNC(=O)CCNCc1cc(C)c(C#N)c(F)c1. The summed E-state index contributed by atoms with van der Waals surface area (Å²) in [6, 6.07) is 4.95. The van der Waals surface area contributed by atoms with Crippen LogP contribution >= 0.6 is 0 Å². The number of halogens is 1. The first-order chi connectivity index (χ1) is 8.58. The summed E-state index contributed by atoms with van der Waals surface area (Å²) in [4.78, 5) is 11.0. The molecular formula is C13H16FN3O. The minimum atomic E-state index is -0.499. The van der Waals surface area contributed by atoms with Crippen LogP contribution in [-0.2, 0) is 11.3 Å². The van der Waals surface area contributed by atoms with E-state index in [1.54, 1.807) is 20.0 Å². The highest BCUT2D eigenvalue weighted by atomic mass is 19.1. The lowest BCUT2D eigenvalue weighted by molar-refractivity contribution is -0.120. The van der Waals surface area contributed by atoms with E-state index in [4.69, 9.17) is 5.26 Å². The zero-order valence-corrected chi connectivity index (χ0v) is 10.5. The molecule has 18 heavy (non-hydrogen) atoms. The maximum atomic E-state index is 13.5. The molecule has 0 atom stereocenters. The highest BCUT2D eigenvalue weighted by Crippen LogP contribution is 2.14. The summed E-state index contributed by atoms with van der Waals surface area (Å²) < 4.78 is 13.5. The highest BCUT2D eigenvalue weighted by molar-refractivity contribution is 5.75. The standard InChI is InChI=1S/C13H16FN3O/c1-9-5-10(6-12(14)11(9)7-15)8-17-4-3-13(18)16-2/h5-6,17H,3-4,8H2,1-2H3,(H,16,18). The first-order valence-corrected chi connectivity index (χ1v) is 5.69. The maximum absolute atomic E-state index is 13.5. The van der Waals surface area contributed by atoms with Gasteiger partial charge in [-0.15, -0.1) is 0 Å². The summed E-state index contributed by atoms with van der Waals surface area (Å²) in [5.74, 6) is -0.537. The molecule has 1 aromatic carbocycles. The molecule has 0 bridgehead atoms. The van der Waals surface area contributed by atoms with E-state index in [0.717, 1.165) is 5.56 Å². The Bertz CT molecular complexity index is 457. The molecule has 0 heterocycles. The van der Waals surface area contributed by atoms with Crippen molar-refractivity contribution in [3.05, 3.63) is 34.6 Å². The van der Waals surface area contributed by atoms with E-state index in [9.17, 15) is 9.18 Å². The number of nitrogens with zero attached hydrogens (tertiary/aromatic N) is 1. The Labute approximate surface area is 106 Å². The summed E-state index contributed by atoms with van der Waals surface area (Å²) >= 11 is 0. The van der Waals surface area contributed by atoms with Crippen LogP contribution in [0.5, 0.6) is 0 Å². The monoisotopic (exact) mass is 249 g/mol. The minimum Gasteiger partial charge on any atom is -0.359 e. The third kappa shape index (κ3) is 3.82. The van der Waals surface area contributed by atoms with Gasteiger partial charge < -0.3 is 10.6 Å². The smallest absolute Gasteiger partial charge is 0.221 e. The molecule has 96 valence electrons. The molecule has 0 spiro atoms. The molecule has 0 aliphatic rings. The zero-order valence-electron chi connectivity index (χ0n) is 10.5. The zero-order chi connectivity index (χ0) is 13.5. The number of amides is 1. The minimum absolute atomic E-state index is 0.0373. The largest absolute Gasteiger partial charge is 0.359 e. The molecule has 5 heteroatoms. The Morgan fingerprint density at radius 2 is 2.22 bits per heavy atom. The maximum Gasteiger partial charge on any atom is 0.221 e. The van der Waals surface area contributed by atoms with Gasteiger partial charge in [-0.3, -0.25) is 4.79 Å². The van der Waals surface area contributed by atoms with Gasteiger partial charge in [0.25, 0.3) is 0 Å². The van der Waals surface area contributed by atoms with Crippen molar-refractivity contribution >= 4 is 5.91 Å². The predicted molar refractivity (Wildman–Crippen MR) is 66.2 cm³/mol. The van der Waals surface area contributed by atoms with Gasteiger partial charge in [-0.25, -0.2) is 4.39 Å². The fraction of sp³-hybridized carbons (Fsp3) is 0.385. The molecule has 1 aromatic rings. The van der Waals surface area contributed by atoms with Crippen molar-refractivity contribution in [2.24, 2.45) is 0 Å². The van der Waals surface area contributed by atoms with Crippen LogP contribution in [0.1, 0.15) is 23.1 Å². The second kappa shape index (κ2) is 6.72. The molecule has 0 aliphatic heterocycles. The molecule has 2 N–H and O–H groups in total. The van der Waals surface area contributed by atoms with Crippen molar-refractivity contribution in [1.29, 1.82) is 5.26 Å². The van der Waals surface area contributed by atoms with Crippen LogP contribution in [0.3, 0.4) is 0 Å². The highest BCUT2D eigenvalue weighted by Gasteiger charge is 2.07. The fourth-order valence-electron chi connectivity index (χ4n) is 1.62. The number of hydrogen-bond acceptors (Lipinski definition) is 3. The van der Waals surface area contributed by atoms with Crippen molar-refractivity contribution in [1.82, 2.24) is 10.6 Å². The summed E-state index contributed by atoms with van der Waals surface area (Å²) in [6.45, 7) is 2.70. The molecule has 0 radical (unpaired) electrons. The van der Waals surface area contributed by atoms with Gasteiger partial charge in [0.2, 0.25) is 5.91 Å². The average Bonchev–Trinajstić information content (AvgIpc) is 2.34. The van der Waals surface area contributed by atoms with Gasteiger partial charge in [-0.1, -0.05) is 6.07 Å². The summed E-state index contributed by atoms with van der Waals surface area (Å²) in [7, 11) is 1.59. The lowest BCUT2D eigenvalue weighted by Crippen LogP contribution is -2.24. The Kier molecular flexibility index (Phi) is 5.28. The van der Waals surface area contributed by atoms with Gasteiger partial charge in [-0.05, 0) is 24.1 Å². The predicted octanol–water partition coefficient (Wildman–Crippen LogP) is 1.23. The summed E-state index contributed by atoms with van der Waals surface area (Å²) in [6.07, 6.45) is 0.383. The fourth-order valence-corrected chi connectivity index (χ4v) is 1.62. The first kappa shape index (κ1) is 14.1. The van der Waals surface area contributed by atoms with Gasteiger partial charge in [0.05, 0.1) is 5.56 Å². The second-order valence-electron chi connectivity index (χ2n) is 3.98. The van der Waals surface area contributed by atoms with E-state index in [1.807, 2.05) is 6.07 Å². The van der Waals surface area contributed by atoms with Crippen LogP contribution in [0.4, 0.5) is 4.39 Å². The van der Waals surface area contributed by atoms with Crippen LogP contribution in [0.25, 0.3) is 0 Å². The van der Waals surface area contributed by atoms with E-state index < -0.39 is 5.82 Å². The molecule has 0 unspecified atom stereocenters. The molecule has 1 rings (SSSR count). The number of aryl methyl sites for hydroxylation is 1. The average molecular weight is 249 g/mol. The van der Waals surface area contributed by atoms with E-state index in [2.05, 4.69) is 10.6 Å². The van der Waals surface area contributed by atoms with Gasteiger partial charge >= 0.3 is 0 Å². The quantitative estimate of drug-likeness (QED) is 0.771. The summed E-state index contributed by atoms with van der Waals surface area (Å²) in [5.41, 5.74) is 1.48. The number of carbonyl (C=O) groups excluding carboxylic acids is 1. The van der Waals surface area contributed by atoms with Gasteiger partial charge in [0.15, 0.2) is 0 Å². The van der Waals surface area contributed by atoms with Crippen LogP contribution < -0.4 is 10.6 Å². The van der Waals surface area contributed by atoms with Crippen LogP contribution in [0.2, 0.25) is 0 Å². The topological polar surface area (TPSA) is 64.9 Å². The second-order valence-corrected chi connectivity index (χ2v) is 3.98. The Morgan fingerprint density at radius 3 is 2.78 bits per heavy atom. The molecule has 0 aromatic heterocycles. The molecule has 0 saturated carbocycles. The van der Waals surface area contributed by atoms with Crippen LogP contribution in [-0.4, -0.2) is 19.5 Å². The van der Waals surface area contributed by atoms with Crippen molar-refractivity contribution < 1.29 is 9.18 Å². The molecule has 1 amide bonds. The van der Waals surface area contributed by atoms with Crippen molar-refractivity contribution in [3.63, 3.8) is 0 Å². The normalized spacial score (nSPS) is 9.89. The lowest BCUT2D eigenvalue weighted by atomic mass is 10.1. The van der Waals surface area contributed by atoms with E-state index in [-0.39, 0.29) is 11.5 Å². The van der Waals surface area contributed by atoms with Gasteiger partial charge in [0.1, 0.15) is 11.9 Å². The van der Waals surface area contributed by atoms with Gasteiger partial charge in [-0.2, -0.15) is 5.26 Å². The molecular weight excluding hydrogens is 233 g/mol. The third-order valence-electron chi connectivity index (χ3n) is 2.60. The third-order valence-corrected chi connectivity index (χ3v) is 2.60. The lowest BCUT2D eigenvalue weighted by Gasteiger charge is -2.07. The number of carbonyl (C=O) groups is 1. The Hall–Kier alpha value is -1.93. The molecule has 4 nitrogen and oxygen atoms in total. The molecule has 0 saturated heterocycles. The molecule has 0 aliphatic carbocycles. The van der Waals surface area contributed by atoms with E-state index in [1.165, 1.54) is 6.07 Å². The number of benzene rings is 1. The van der Waals surface area contributed by atoms with Crippen LogP contribution in [0.15, 0.2) is 12.1 Å². The Morgan fingerprint density at radius 1 is 1.50 bits per heavy atom. The van der Waals surface area contributed by atoms with Crippen molar-refractivity contribution in [3.8, 4) is 6.07 Å². The van der Waals surface area contributed by atoms with E-state index >= 15 is 0 Å². The van der Waals surface area contributed by atoms with Gasteiger partial charge in [0, 0.05) is 26.6 Å².